The molecule has 0 amide bonds. The summed E-state index contributed by atoms with van der Waals surface area (Å²) < 4.78 is 5.26. The van der Waals surface area contributed by atoms with Gasteiger partial charge in [0.15, 0.2) is 0 Å². The van der Waals surface area contributed by atoms with Crippen LogP contribution >= 0.6 is 0 Å². The first kappa shape index (κ1) is 51.8. The van der Waals surface area contributed by atoms with E-state index in [-0.39, 0.29) is 53.1 Å². The highest BCUT2D eigenvalue weighted by Crippen LogP contribution is 2.57. The van der Waals surface area contributed by atoms with Gasteiger partial charge < -0.3 is 18.8 Å². The Bertz CT molecular complexity index is 4620. The standard InChI is InChI=1S/C78H77B3N4/c1-73(2,3)42-27-29-46-56-39-57-47-30-28-43(74(4,5)6)34-59(47)81-61-41-67-53(49-24-20-22-26-65(49)83(67)78(16,17)18)38-51(61)55-32-45(76(10,11)12)36-63-70(55)85(81)72(57)68-71(56)84-69-54(31-44(75(7,8)9)35-62(69)79(63)68)50-37-52-48-23-19-21-25-64(48)82(77(13,14)15)66(52)40-60(50)80(84)58(46)33-42/h19-41H,1-18H3. The summed E-state index contributed by atoms with van der Waals surface area (Å²) in [5, 5.41) is 5.30. The van der Waals surface area contributed by atoms with Gasteiger partial charge in [0, 0.05) is 99.7 Å². The van der Waals surface area contributed by atoms with Gasteiger partial charge in [-0.1, -0.05) is 168 Å². The van der Waals surface area contributed by atoms with Crippen LogP contribution in [0.15, 0.2) is 140 Å². The largest absolute Gasteiger partial charge is 0.377 e. The maximum Gasteiger partial charge on any atom is 0.329 e. The Labute approximate surface area is 504 Å². The fraction of sp³-hybridized carbons (Fsp3) is 0.308. The number of anilines is 4. The van der Waals surface area contributed by atoms with Gasteiger partial charge in [0.05, 0.1) is 0 Å². The van der Waals surface area contributed by atoms with Crippen molar-refractivity contribution in [3.63, 3.8) is 0 Å². The van der Waals surface area contributed by atoms with Gasteiger partial charge in [-0.15, -0.1) is 0 Å². The van der Waals surface area contributed by atoms with Crippen LogP contribution in [-0.4, -0.2) is 29.5 Å². The van der Waals surface area contributed by atoms with Gasteiger partial charge in [0.25, 0.3) is 6.71 Å². The molecule has 6 aliphatic rings. The molecule has 9 aromatic carbocycles. The molecule has 11 aromatic rings. The molecule has 0 saturated heterocycles. The maximum absolute atomic E-state index is 2.92. The molecule has 0 N–H and O–H groups in total. The molecule has 0 bridgehead atoms. The number of rotatable bonds is 0. The van der Waals surface area contributed by atoms with Gasteiger partial charge >= 0.3 is 13.7 Å². The minimum absolute atomic E-state index is 0.0448. The van der Waals surface area contributed by atoms with Crippen LogP contribution < -0.4 is 47.9 Å². The number of para-hydroxylation sites is 2. The van der Waals surface area contributed by atoms with Crippen molar-refractivity contribution in [2.75, 3.05) is 9.62 Å². The maximum atomic E-state index is 2.92. The van der Waals surface area contributed by atoms with Crippen LogP contribution in [-0.2, 0) is 32.7 Å². The Morgan fingerprint density at radius 1 is 0.271 bits per heavy atom. The van der Waals surface area contributed by atoms with Crippen molar-refractivity contribution in [3.05, 3.63) is 162 Å². The molecule has 0 aliphatic carbocycles. The molecule has 0 atom stereocenters. The Morgan fingerprint density at radius 3 is 1.00 bits per heavy atom. The first-order valence-electron chi connectivity index (χ1n) is 31.6. The summed E-state index contributed by atoms with van der Waals surface area (Å²) in [4.78, 5) is 5.84. The van der Waals surface area contributed by atoms with E-state index in [2.05, 4.69) is 283 Å². The molecule has 17 rings (SSSR count). The molecule has 0 unspecified atom stereocenters. The number of benzene rings is 9. The molecule has 85 heavy (non-hydrogen) atoms. The summed E-state index contributed by atoms with van der Waals surface area (Å²) in [6.45, 7) is 43.0. The molecule has 0 spiro atoms. The van der Waals surface area contributed by atoms with Crippen LogP contribution in [0, 0.1) is 0 Å². The molecular weight excluding hydrogens is 1030 g/mol. The summed E-state index contributed by atoms with van der Waals surface area (Å²) in [6.07, 6.45) is 0. The fourth-order valence-corrected chi connectivity index (χ4v) is 17.0. The average molecular weight is 1100 g/mol. The number of aromatic nitrogens is 2. The van der Waals surface area contributed by atoms with Crippen molar-refractivity contribution < 1.29 is 0 Å². The summed E-state index contributed by atoms with van der Waals surface area (Å²) in [6, 6.07) is 57.4. The lowest BCUT2D eigenvalue weighted by Gasteiger charge is -2.55. The topological polar surface area (TPSA) is 16.3 Å². The van der Waals surface area contributed by atoms with Crippen molar-refractivity contribution in [2.45, 2.75) is 157 Å². The second-order valence-corrected chi connectivity index (χ2v) is 32.5. The number of hydrogen-bond acceptors (Lipinski definition) is 2. The lowest BCUT2D eigenvalue weighted by atomic mass is 9.28. The van der Waals surface area contributed by atoms with Crippen molar-refractivity contribution in [2.24, 2.45) is 0 Å². The van der Waals surface area contributed by atoms with Gasteiger partial charge in [-0.3, -0.25) is 0 Å². The highest BCUT2D eigenvalue weighted by molar-refractivity contribution is 7.06. The van der Waals surface area contributed by atoms with E-state index in [1.54, 1.807) is 0 Å². The molecule has 7 heteroatoms. The minimum atomic E-state index is -0.159. The van der Waals surface area contributed by atoms with Crippen molar-refractivity contribution in [3.8, 4) is 44.5 Å². The Morgan fingerprint density at radius 2 is 0.624 bits per heavy atom. The lowest BCUT2D eigenvalue weighted by molar-refractivity contribution is 0.423. The molecule has 6 aliphatic heterocycles. The van der Waals surface area contributed by atoms with Gasteiger partial charge in [0.2, 0.25) is 0 Å². The normalized spacial score (nSPS) is 15.3. The SMILES string of the molecule is CC(C)(C)c1ccc2c(c1)B1c3cc4c(cc3-c3cc(C(C)(C)C)cc5c3N1c1c-2cc2c3c1B5c1cc(C(C)(C)C)cc5c1N3B(c1cc3c(cc1-5)c1ccccc1n3C(C)(C)C)c1cc(C(C)(C)C)ccc1-2)c1ccccc1n4C(C)(C)C. The number of fused-ring (bicyclic) bond motifs is 20. The zero-order valence-electron chi connectivity index (χ0n) is 53.3. The van der Waals surface area contributed by atoms with E-state index >= 15 is 0 Å². The Balaban J connectivity index is 1.09. The zero-order chi connectivity index (χ0) is 59.2. The van der Waals surface area contributed by atoms with Crippen molar-refractivity contribution in [1.82, 2.24) is 9.13 Å². The van der Waals surface area contributed by atoms with E-state index in [1.165, 1.54) is 171 Å². The predicted octanol–water partition coefficient (Wildman–Crippen LogP) is 15.6. The highest BCUT2D eigenvalue weighted by Gasteiger charge is 2.57. The first-order valence-corrected chi connectivity index (χ1v) is 31.6. The highest BCUT2D eigenvalue weighted by atomic mass is 15.2. The second-order valence-electron chi connectivity index (χ2n) is 32.5. The second kappa shape index (κ2) is 15.9. The van der Waals surface area contributed by atoms with E-state index in [4.69, 9.17) is 0 Å². The van der Waals surface area contributed by atoms with Crippen LogP contribution in [0.1, 0.15) is 147 Å². The van der Waals surface area contributed by atoms with Crippen LogP contribution in [0.25, 0.3) is 88.1 Å². The van der Waals surface area contributed by atoms with Crippen LogP contribution in [0.4, 0.5) is 22.7 Å². The van der Waals surface area contributed by atoms with Crippen molar-refractivity contribution >= 4 is 125 Å². The van der Waals surface area contributed by atoms with E-state index < -0.39 is 0 Å². The first-order chi connectivity index (χ1) is 40.0. The third kappa shape index (κ3) is 6.63. The third-order valence-electron chi connectivity index (χ3n) is 20.9. The van der Waals surface area contributed by atoms with E-state index in [1.807, 2.05) is 0 Å². The summed E-state index contributed by atoms with van der Waals surface area (Å²) in [5.74, 6) is 0. The number of nitrogens with zero attached hydrogens (tertiary/aromatic N) is 4. The fourth-order valence-electron chi connectivity index (χ4n) is 17.0. The van der Waals surface area contributed by atoms with Gasteiger partial charge in [0.1, 0.15) is 0 Å². The van der Waals surface area contributed by atoms with Gasteiger partial charge in [-0.25, -0.2) is 0 Å². The Kier molecular flexibility index (Phi) is 9.66. The van der Waals surface area contributed by atoms with E-state index in [9.17, 15) is 0 Å². The molecular formula is C78H77B3N4. The summed E-state index contributed by atoms with van der Waals surface area (Å²) in [5.41, 5.74) is 36.3. The van der Waals surface area contributed by atoms with Crippen LogP contribution in [0.2, 0.25) is 0 Å². The Hall–Kier alpha value is -7.63. The van der Waals surface area contributed by atoms with Gasteiger partial charge in [-0.05, 0) is 201 Å². The monoisotopic (exact) mass is 1100 g/mol. The van der Waals surface area contributed by atoms with E-state index in [0.29, 0.717) is 0 Å². The molecule has 4 nitrogen and oxygen atoms in total. The third-order valence-corrected chi connectivity index (χ3v) is 20.9. The number of hydrogen-bond donors (Lipinski definition) is 0. The van der Waals surface area contributed by atoms with Crippen LogP contribution in [0.3, 0.4) is 0 Å². The van der Waals surface area contributed by atoms with Gasteiger partial charge in [-0.2, -0.15) is 0 Å². The van der Waals surface area contributed by atoms with Crippen molar-refractivity contribution in [1.29, 1.82) is 0 Å². The quantitative estimate of drug-likeness (QED) is 0.141. The minimum Gasteiger partial charge on any atom is -0.377 e. The smallest absolute Gasteiger partial charge is 0.329 e. The molecule has 2 aromatic heterocycles. The zero-order valence-corrected chi connectivity index (χ0v) is 53.3. The summed E-state index contributed by atoms with van der Waals surface area (Å²) in [7, 11) is 0. The predicted molar refractivity (Wildman–Crippen MR) is 371 cm³/mol. The molecule has 0 radical (unpaired) electrons. The molecule has 0 fully saturated rings. The lowest BCUT2D eigenvalue weighted by Crippen LogP contribution is -2.72. The molecule has 0 saturated carbocycles. The average Bonchev–Trinajstić information content (AvgIpc) is 0.905. The van der Waals surface area contributed by atoms with Crippen LogP contribution in [0.5, 0.6) is 0 Å². The van der Waals surface area contributed by atoms with E-state index in [0.717, 1.165) is 0 Å². The molecule has 8 heterocycles. The molecule has 418 valence electrons. The summed E-state index contributed by atoms with van der Waals surface area (Å²) >= 11 is 0.